The smallest absolute Gasteiger partial charge is 0.169 e. The van der Waals surface area contributed by atoms with Gasteiger partial charge in [-0.1, -0.05) is 26.0 Å². The van der Waals surface area contributed by atoms with Crippen LogP contribution in [0.25, 0.3) is 0 Å². The molecule has 0 radical (unpaired) electrons. The lowest BCUT2D eigenvalue weighted by atomic mass is 9.93. The number of rotatable bonds is 7. The molecule has 0 aliphatic carbocycles. The summed E-state index contributed by atoms with van der Waals surface area (Å²) in [5, 5.41) is 3.16. The third-order valence-corrected chi connectivity index (χ3v) is 3.20. The topological polar surface area (TPSA) is 30.5 Å². The minimum absolute atomic E-state index is 0.0865. The minimum Gasteiger partial charge on any atom is -0.494 e. The molecule has 0 amide bonds. The van der Waals surface area contributed by atoms with Crippen molar-refractivity contribution in [3.8, 4) is 5.75 Å². The van der Waals surface area contributed by atoms with Crippen molar-refractivity contribution in [2.24, 2.45) is 5.92 Å². The summed E-state index contributed by atoms with van der Waals surface area (Å²) in [6.45, 7) is 6.70. The maximum absolute atomic E-state index is 14.4. The number of nitrogens with one attached hydrogen (secondary N) is 1. The van der Waals surface area contributed by atoms with Crippen molar-refractivity contribution in [1.29, 1.82) is 0 Å². The fourth-order valence-electron chi connectivity index (χ4n) is 2.29. The van der Waals surface area contributed by atoms with Gasteiger partial charge in [-0.05, 0) is 26.0 Å². The SMILES string of the molecule is CCOC(C(C)C)C(NC)c1cccc(OC)c1F. The third kappa shape index (κ3) is 3.67. The Kier molecular flexibility index (Phi) is 6.25. The molecule has 1 aromatic rings. The number of methoxy groups -OCH3 is 1. The van der Waals surface area contributed by atoms with E-state index in [1.54, 1.807) is 18.2 Å². The van der Waals surface area contributed by atoms with E-state index in [9.17, 15) is 4.39 Å². The predicted octanol–water partition coefficient (Wildman–Crippen LogP) is 3.16. The highest BCUT2D eigenvalue weighted by Crippen LogP contribution is 2.30. The predicted molar refractivity (Wildman–Crippen MR) is 75.0 cm³/mol. The lowest BCUT2D eigenvalue weighted by molar-refractivity contribution is 0.00372. The molecule has 19 heavy (non-hydrogen) atoms. The van der Waals surface area contributed by atoms with Gasteiger partial charge in [-0.15, -0.1) is 0 Å². The second kappa shape index (κ2) is 7.46. The van der Waals surface area contributed by atoms with Crippen molar-refractivity contribution < 1.29 is 13.9 Å². The number of benzene rings is 1. The molecular formula is C15H24FNO2. The molecule has 0 fully saturated rings. The van der Waals surface area contributed by atoms with Gasteiger partial charge in [-0.25, -0.2) is 4.39 Å². The summed E-state index contributed by atoms with van der Waals surface area (Å²) in [7, 11) is 3.29. The van der Waals surface area contributed by atoms with Crippen LogP contribution < -0.4 is 10.1 Å². The quantitative estimate of drug-likeness (QED) is 0.825. The molecule has 108 valence electrons. The largest absolute Gasteiger partial charge is 0.494 e. The van der Waals surface area contributed by atoms with Crippen molar-refractivity contribution in [3.63, 3.8) is 0 Å². The normalized spacial score (nSPS) is 14.5. The van der Waals surface area contributed by atoms with Crippen LogP contribution in [0.15, 0.2) is 18.2 Å². The van der Waals surface area contributed by atoms with Crippen LogP contribution in [0.1, 0.15) is 32.4 Å². The van der Waals surface area contributed by atoms with Gasteiger partial charge in [0.05, 0.1) is 19.3 Å². The summed E-state index contributed by atoms with van der Waals surface area (Å²) in [6, 6.07) is 4.99. The van der Waals surface area contributed by atoms with Gasteiger partial charge in [-0.2, -0.15) is 0 Å². The molecule has 0 saturated carbocycles. The molecule has 4 heteroatoms. The second-order valence-corrected chi connectivity index (χ2v) is 4.79. The van der Waals surface area contributed by atoms with Crippen LogP contribution in [0.4, 0.5) is 4.39 Å². The van der Waals surface area contributed by atoms with E-state index in [0.29, 0.717) is 12.2 Å². The molecule has 2 atom stereocenters. The molecule has 0 aliphatic rings. The van der Waals surface area contributed by atoms with Crippen LogP contribution in [0.5, 0.6) is 5.75 Å². The summed E-state index contributed by atoms with van der Waals surface area (Å²) in [4.78, 5) is 0. The fraction of sp³-hybridized carbons (Fsp3) is 0.600. The number of ether oxygens (including phenoxy) is 2. The monoisotopic (exact) mass is 269 g/mol. The van der Waals surface area contributed by atoms with Crippen molar-refractivity contribution in [1.82, 2.24) is 5.32 Å². The Morgan fingerprint density at radius 1 is 1.32 bits per heavy atom. The first-order valence-electron chi connectivity index (χ1n) is 6.68. The van der Waals surface area contributed by atoms with Gasteiger partial charge in [0.2, 0.25) is 0 Å². The van der Waals surface area contributed by atoms with E-state index in [-0.39, 0.29) is 29.6 Å². The lowest BCUT2D eigenvalue weighted by Gasteiger charge is -2.30. The van der Waals surface area contributed by atoms with Crippen LogP contribution >= 0.6 is 0 Å². The Balaban J connectivity index is 3.14. The van der Waals surface area contributed by atoms with E-state index in [4.69, 9.17) is 9.47 Å². The van der Waals surface area contributed by atoms with Gasteiger partial charge >= 0.3 is 0 Å². The highest BCUT2D eigenvalue weighted by molar-refractivity contribution is 5.33. The standard InChI is InChI=1S/C15H24FNO2/c1-6-19-15(10(2)3)14(17-4)11-8-7-9-12(18-5)13(11)16/h7-10,14-15,17H,6H2,1-5H3. The van der Waals surface area contributed by atoms with E-state index < -0.39 is 0 Å². The third-order valence-electron chi connectivity index (χ3n) is 3.20. The number of hydrogen-bond acceptors (Lipinski definition) is 3. The minimum atomic E-state index is -0.324. The Morgan fingerprint density at radius 3 is 2.47 bits per heavy atom. The molecule has 0 aliphatic heterocycles. The maximum atomic E-state index is 14.4. The first kappa shape index (κ1) is 15.9. The van der Waals surface area contributed by atoms with E-state index in [1.807, 2.05) is 14.0 Å². The molecule has 0 bridgehead atoms. The molecule has 3 nitrogen and oxygen atoms in total. The zero-order valence-electron chi connectivity index (χ0n) is 12.4. The lowest BCUT2D eigenvalue weighted by Crippen LogP contribution is -2.36. The van der Waals surface area contributed by atoms with Crippen molar-refractivity contribution in [3.05, 3.63) is 29.6 Å². The average molecular weight is 269 g/mol. The van der Waals surface area contributed by atoms with Crippen LogP contribution in [-0.4, -0.2) is 26.9 Å². The van der Waals surface area contributed by atoms with Crippen molar-refractivity contribution in [2.75, 3.05) is 20.8 Å². The number of halogens is 1. The Hall–Kier alpha value is -1.13. The van der Waals surface area contributed by atoms with Gasteiger partial charge in [0.25, 0.3) is 0 Å². The van der Waals surface area contributed by atoms with Crippen LogP contribution in [-0.2, 0) is 4.74 Å². The van der Waals surface area contributed by atoms with Crippen molar-refractivity contribution in [2.45, 2.75) is 32.9 Å². The summed E-state index contributed by atoms with van der Waals surface area (Å²) >= 11 is 0. The van der Waals surface area contributed by atoms with Gasteiger partial charge in [0, 0.05) is 12.2 Å². The highest BCUT2D eigenvalue weighted by atomic mass is 19.1. The summed E-state index contributed by atoms with van der Waals surface area (Å²) in [5.74, 6) is 0.217. The summed E-state index contributed by atoms with van der Waals surface area (Å²) in [5.41, 5.74) is 0.578. The van der Waals surface area contributed by atoms with E-state index >= 15 is 0 Å². The molecule has 1 aromatic carbocycles. The van der Waals surface area contributed by atoms with Gasteiger partial charge in [0.15, 0.2) is 11.6 Å². The Bertz CT molecular complexity index is 396. The molecule has 2 unspecified atom stereocenters. The maximum Gasteiger partial charge on any atom is 0.169 e. The van der Waals surface area contributed by atoms with Gasteiger partial charge in [-0.3, -0.25) is 0 Å². The van der Waals surface area contributed by atoms with Gasteiger partial charge in [0.1, 0.15) is 0 Å². The molecule has 0 spiro atoms. The second-order valence-electron chi connectivity index (χ2n) is 4.79. The first-order chi connectivity index (χ1) is 9.06. The van der Waals surface area contributed by atoms with Crippen molar-refractivity contribution >= 4 is 0 Å². The molecule has 0 heterocycles. The van der Waals surface area contributed by atoms with E-state index in [0.717, 1.165) is 0 Å². The molecule has 0 saturated heterocycles. The number of likely N-dealkylation sites (N-methyl/N-ethyl adjacent to an activating group) is 1. The van der Waals surface area contributed by atoms with Crippen LogP contribution in [0.3, 0.4) is 0 Å². The zero-order chi connectivity index (χ0) is 14.4. The average Bonchev–Trinajstić information content (AvgIpc) is 2.40. The Morgan fingerprint density at radius 2 is 2.00 bits per heavy atom. The van der Waals surface area contributed by atoms with E-state index in [2.05, 4.69) is 19.2 Å². The molecule has 1 N–H and O–H groups in total. The molecular weight excluding hydrogens is 245 g/mol. The molecule has 0 aromatic heterocycles. The number of hydrogen-bond donors (Lipinski definition) is 1. The molecule has 1 rings (SSSR count). The highest BCUT2D eigenvalue weighted by Gasteiger charge is 2.28. The van der Waals surface area contributed by atoms with Crippen LogP contribution in [0, 0.1) is 11.7 Å². The fourth-order valence-corrected chi connectivity index (χ4v) is 2.29. The first-order valence-corrected chi connectivity index (χ1v) is 6.68. The summed E-state index contributed by atoms with van der Waals surface area (Å²) < 4.78 is 25.2. The van der Waals surface area contributed by atoms with Gasteiger partial charge < -0.3 is 14.8 Å². The zero-order valence-corrected chi connectivity index (χ0v) is 12.4. The van der Waals surface area contributed by atoms with Crippen LogP contribution in [0.2, 0.25) is 0 Å². The Labute approximate surface area is 115 Å². The summed E-state index contributed by atoms with van der Waals surface area (Å²) in [6.07, 6.45) is -0.0865. The van der Waals surface area contributed by atoms with E-state index in [1.165, 1.54) is 7.11 Å².